The Hall–Kier alpha value is -1.69. The van der Waals surface area contributed by atoms with Crippen LogP contribution in [-0.2, 0) is 22.4 Å². The third-order valence-electron chi connectivity index (χ3n) is 4.86. The summed E-state index contributed by atoms with van der Waals surface area (Å²) in [6.07, 6.45) is 4.45. The Balaban J connectivity index is 1.70. The fraction of sp³-hybridized carbons (Fsp3) is 0.706. The minimum Gasteiger partial charge on any atom is -0.378 e. The lowest BCUT2D eigenvalue weighted by Gasteiger charge is -2.32. The number of aryl methyl sites for hydroxylation is 1. The van der Waals surface area contributed by atoms with E-state index in [4.69, 9.17) is 9.72 Å². The van der Waals surface area contributed by atoms with Crippen LogP contribution in [0.25, 0.3) is 0 Å². The van der Waals surface area contributed by atoms with Crippen LogP contribution in [0.4, 0.5) is 5.95 Å². The number of anilines is 1. The number of carbonyl (C=O) groups is 1. The molecule has 1 saturated heterocycles. The monoisotopic (exact) mass is 318 g/mol. The highest BCUT2D eigenvalue weighted by Gasteiger charge is 2.30. The molecule has 126 valence electrons. The average molecular weight is 318 g/mol. The van der Waals surface area contributed by atoms with Gasteiger partial charge in [-0.05, 0) is 38.7 Å². The molecule has 1 aromatic rings. The molecule has 0 radical (unpaired) electrons. The minimum absolute atomic E-state index is 0.0727. The van der Waals surface area contributed by atoms with Crippen molar-refractivity contribution in [2.75, 3.05) is 44.3 Å². The van der Waals surface area contributed by atoms with E-state index in [0.29, 0.717) is 13.2 Å². The van der Waals surface area contributed by atoms with Gasteiger partial charge in [-0.2, -0.15) is 0 Å². The van der Waals surface area contributed by atoms with E-state index in [9.17, 15) is 4.79 Å². The van der Waals surface area contributed by atoms with E-state index in [1.165, 1.54) is 0 Å². The topological polar surface area (TPSA) is 58.6 Å². The molecule has 1 unspecified atom stereocenters. The quantitative estimate of drug-likeness (QED) is 0.837. The Morgan fingerprint density at radius 3 is 2.78 bits per heavy atom. The first-order valence-electron chi connectivity index (χ1n) is 8.69. The van der Waals surface area contributed by atoms with Gasteiger partial charge in [-0.25, -0.2) is 9.97 Å². The molecule has 0 bridgehead atoms. The lowest BCUT2D eigenvalue weighted by Crippen LogP contribution is -2.45. The first-order chi connectivity index (χ1) is 11.2. The molecule has 2 aliphatic rings. The molecule has 23 heavy (non-hydrogen) atoms. The summed E-state index contributed by atoms with van der Waals surface area (Å²) >= 11 is 0. The summed E-state index contributed by atoms with van der Waals surface area (Å²) < 4.78 is 5.33. The zero-order chi connectivity index (χ0) is 16.2. The van der Waals surface area contributed by atoms with Crippen LogP contribution >= 0.6 is 0 Å². The predicted molar refractivity (Wildman–Crippen MR) is 88.5 cm³/mol. The fourth-order valence-corrected chi connectivity index (χ4v) is 3.41. The van der Waals surface area contributed by atoms with Crippen LogP contribution in [-0.4, -0.2) is 60.2 Å². The number of aromatic nitrogens is 2. The second-order valence-corrected chi connectivity index (χ2v) is 6.19. The molecule has 2 heterocycles. The van der Waals surface area contributed by atoms with Gasteiger partial charge in [-0.3, -0.25) is 4.79 Å². The van der Waals surface area contributed by atoms with Gasteiger partial charge in [-0.15, -0.1) is 0 Å². The third kappa shape index (κ3) is 3.47. The first kappa shape index (κ1) is 16.2. The number of nitrogens with zero attached hydrogens (tertiary/aromatic N) is 4. The van der Waals surface area contributed by atoms with E-state index < -0.39 is 0 Å². The predicted octanol–water partition coefficient (Wildman–Crippen LogP) is 1.29. The maximum atomic E-state index is 12.7. The van der Waals surface area contributed by atoms with E-state index in [1.807, 2.05) is 11.1 Å². The van der Waals surface area contributed by atoms with Crippen molar-refractivity contribution in [1.82, 2.24) is 14.9 Å². The van der Waals surface area contributed by atoms with Crippen molar-refractivity contribution in [3.05, 3.63) is 17.5 Å². The van der Waals surface area contributed by atoms with Gasteiger partial charge in [0.15, 0.2) is 0 Å². The Kier molecular flexibility index (Phi) is 5.10. The number of fused-ring (bicyclic) bond motifs is 1. The molecular formula is C17H26N4O2. The third-order valence-corrected chi connectivity index (χ3v) is 4.86. The van der Waals surface area contributed by atoms with Crippen LogP contribution in [0, 0.1) is 5.92 Å². The molecule has 0 N–H and O–H groups in total. The number of hydrogen-bond donors (Lipinski definition) is 0. The number of ether oxygens (including phenoxy) is 1. The smallest absolute Gasteiger partial charge is 0.226 e. The molecule has 1 amide bonds. The van der Waals surface area contributed by atoms with Crippen molar-refractivity contribution >= 4 is 11.9 Å². The number of morpholine rings is 1. The highest BCUT2D eigenvalue weighted by atomic mass is 16.5. The molecular weight excluding hydrogens is 292 g/mol. The summed E-state index contributed by atoms with van der Waals surface area (Å²) in [5.41, 5.74) is 2.26. The molecule has 0 spiro atoms. The van der Waals surface area contributed by atoms with Crippen LogP contribution in [0.1, 0.15) is 31.5 Å². The second-order valence-electron chi connectivity index (χ2n) is 6.19. The van der Waals surface area contributed by atoms with E-state index in [1.54, 1.807) is 0 Å². The molecule has 1 aromatic heterocycles. The molecule has 6 heteroatoms. The van der Waals surface area contributed by atoms with Crippen molar-refractivity contribution in [1.29, 1.82) is 0 Å². The summed E-state index contributed by atoms with van der Waals surface area (Å²) in [5.74, 6) is 1.15. The van der Waals surface area contributed by atoms with Gasteiger partial charge in [0.1, 0.15) is 0 Å². The van der Waals surface area contributed by atoms with Gasteiger partial charge < -0.3 is 14.5 Å². The summed E-state index contributed by atoms with van der Waals surface area (Å²) in [5, 5.41) is 0. The van der Waals surface area contributed by atoms with Crippen molar-refractivity contribution in [3.63, 3.8) is 0 Å². The van der Waals surface area contributed by atoms with Crippen molar-refractivity contribution < 1.29 is 9.53 Å². The van der Waals surface area contributed by atoms with Crippen LogP contribution in [0.5, 0.6) is 0 Å². The molecule has 1 aliphatic heterocycles. The van der Waals surface area contributed by atoms with Crippen molar-refractivity contribution in [3.8, 4) is 0 Å². The number of hydrogen-bond acceptors (Lipinski definition) is 5. The van der Waals surface area contributed by atoms with E-state index in [-0.39, 0.29) is 11.8 Å². The lowest BCUT2D eigenvalue weighted by atomic mass is 9.86. The molecule has 0 saturated carbocycles. The SMILES string of the molecule is CCN(CC)c1ncc2c(n1)CCC(C(=O)N1CCOCC1)C2. The highest BCUT2D eigenvalue weighted by Crippen LogP contribution is 2.27. The molecule has 1 fully saturated rings. The van der Waals surface area contributed by atoms with Crippen LogP contribution in [0.3, 0.4) is 0 Å². The summed E-state index contributed by atoms with van der Waals surface area (Å²) in [4.78, 5) is 26.0. The zero-order valence-electron chi connectivity index (χ0n) is 14.1. The first-order valence-corrected chi connectivity index (χ1v) is 8.69. The summed E-state index contributed by atoms with van der Waals surface area (Å²) in [7, 11) is 0. The van der Waals surface area contributed by atoms with Gasteiger partial charge in [0.05, 0.1) is 13.2 Å². The lowest BCUT2D eigenvalue weighted by molar-refractivity contribution is -0.140. The van der Waals surface area contributed by atoms with Crippen LogP contribution in [0.2, 0.25) is 0 Å². The minimum atomic E-state index is 0.0727. The van der Waals surface area contributed by atoms with Gasteiger partial charge >= 0.3 is 0 Å². The van der Waals surface area contributed by atoms with E-state index in [2.05, 4.69) is 23.7 Å². The second kappa shape index (κ2) is 7.25. The van der Waals surface area contributed by atoms with Crippen molar-refractivity contribution in [2.45, 2.75) is 33.1 Å². The molecule has 1 atom stereocenters. The van der Waals surface area contributed by atoms with Crippen molar-refractivity contribution in [2.24, 2.45) is 5.92 Å². The van der Waals surface area contributed by atoms with Crippen LogP contribution < -0.4 is 4.90 Å². The summed E-state index contributed by atoms with van der Waals surface area (Å²) in [6, 6.07) is 0. The van der Waals surface area contributed by atoms with Gasteiger partial charge in [-0.1, -0.05) is 0 Å². The van der Waals surface area contributed by atoms with E-state index >= 15 is 0 Å². The maximum Gasteiger partial charge on any atom is 0.226 e. The number of rotatable bonds is 4. The largest absolute Gasteiger partial charge is 0.378 e. The van der Waals surface area contributed by atoms with Gasteiger partial charge in [0.2, 0.25) is 11.9 Å². The summed E-state index contributed by atoms with van der Waals surface area (Å²) in [6.45, 7) is 8.81. The van der Waals surface area contributed by atoms with Crippen LogP contribution in [0.15, 0.2) is 6.20 Å². The maximum absolute atomic E-state index is 12.7. The Morgan fingerprint density at radius 1 is 1.35 bits per heavy atom. The highest BCUT2D eigenvalue weighted by molar-refractivity contribution is 5.79. The fourth-order valence-electron chi connectivity index (χ4n) is 3.41. The standard InChI is InChI=1S/C17H26N4O2/c1-3-20(4-2)17-18-12-14-11-13(5-6-15(14)19-17)16(22)21-7-9-23-10-8-21/h12-13H,3-11H2,1-2H3. The Labute approximate surface area is 137 Å². The molecule has 1 aliphatic carbocycles. The number of amides is 1. The van der Waals surface area contributed by atoms with Gasteiger partial charge in [0.25, 0.3) is 0 Å². The zero-order valence-corrected chi connectivity index (χ0v) is 14.1. The average Bonchev–Trinajstić information content (AvgIpc) is 2.62. The normalized spacial score (nSPS) is 21.0. The van der Waals surface area contributed by atoms with E-state index in [0.717, 1.165) is 62.6 Å². The Bertz CT molecular complexity index is 554. The molecule has 6 nitrogen and oxygen atoms in total. The molecule has 0 aromatic carbocycles. The number of carbonyl (C=O) groups excluding carboxylic acids is 1. The Morgan fingerprint density at radius 2 is 2.09 bits per heavy atom. The van der Waals surface area contributed by atoms with Gasteiger partial charge in [0, 0.05) is 44.0 Å². The molecule has 3 rings (SSSR count).